The molecule has 0 radical (unpaired) electrons. The molecule has 0 saturated carbocycles. The number of aromatic nitrogens is 3. The van der Waals surface area contributed by atoms with E-state index in [4.69, 9.17) is 17.4 Å². The standard InChI is InChI=1S/C12H15ClFN5/c1-19-12(16-7-17-19)6-10(18-15)4-8-2-3-9(14)5-11(8)13/h2-3,5,7,10,18H,4,6,15H2,1H3. The van der Waals surface area contributed by atoms with Crippen LogP contribution in [-0.4, -0.2) is 20.8 Å². The summed E-state index contributed by atoms with van der Waals surface area (Å²) in [6.45, 7) is 0. The Morgan fingerprint density at radius 3 is 2.84 bits per heavy atom. The van der Waals surface area contributed by atoms with Gasteiger partial charge in [-0.25, -0.2) is 9.37 Å². The van der Waals surface area contributed by atoms with E-state index in [2.05, 4.69) is 15.5 Å². The van der Waals surface area contributed by atoms with Crippen LogP contribution in [0.4, 0.5) is 4.39 Å². The Hall–Kier alpha value is -1.50. The second kappa shape index (κ2) is 6.10. The van der Waals surface area contributed by atoms with Gasteiger partial charge in [-0.2, -0.15) is 5.10 Å². The van der Waals surface area contributed by atoms with E-state index in [1.54, 1.807) is 10.7 Å². The van der Waals surface area contributed by atoms with Crippen molar-refractivity contribution in [1.82, 2.24) is 20.2 Å². The predicted octanol–water partition coefficient (Wildman–Crippen LogP) is 1.22. The first kappa shape index (κ1) is 13.9. The molecular weight excluding hydrogens is 269 g/mol. The molecular formula is C12H15ClFN5. The molecule has 3 N–H and O–H groups in total. The third-order valence-electron chi connectivity index (χ3n) is 2.95. The van der Waals surface area contributed by atoms with Crippen molar-refractivity contribution in [3.8, 4) is 0 Å². The number of nitrogens with two attached hydrogens (primary N) is 1. The number of halogens is 2. The Kier molecular flexibility index (Phi) is 4.47. The number of hydrazine groups is 1. The highest BCUT2D eigenvalue weighted by Crippen LogP contribution is 2.19. The van der Waals surface area contributed by atoms with Crippen LogP contribution >= 0.6 is 11.6 Å². The molecule has 1 aromatic carbocycles. The number of rotatable bonds is 5. The van der Waals surface area contributed by atoms with Crippen molar-refractivity contribution in [2.75, 3.05) is 0 Å². The van der Waals surface area contributed by atoms with Gasteiger partial charge in [0.25, 0.3) is 0 Å². The Morgan fingerprint density at radius 1 is 1.47 bits per heavy atom. The Labute approximate surface area is 115 Å². The van der Waals surface area contributed by atoms with Crippen LogP contribution < -0.4 is 11.3 Å². The van der Waals surface area contributed by atoms with Crippen molar-refractivity contribution in [2.45, 2.75) is 18.9 Å². The van der Waals surface area contributed by atoms with E-state index in [1.165, 1.54) is 18.5 Å². The average Bonchev–Trinajstić information content (AvgIpc) is 2.77. The number of aryl methyl sites for hydroxylation is 1. The van der Waals surface area contributed by atoms with Gasteiger partial charge in [0.1, 0.15) is 18.0 Å². The summed E-state index contributed by atoms with van der Waals surface area (Å²) in [4.78, 5) is 4.15. The smallest absolute Gasteiger partial charge is 0.138 e. The summed E-state index contributed by atoms with van der Waals surface area (Å²) in [6, 6.07) is 4.30. The Bertz CT molecular complexity index is 557. The summed E-state index contributed by atoms with van der Waals surface area (Å²) in [6.07, 6.45) is 2.69. The molecule has 0 amide bonds. The summed E-state index contributed by atoms with van der Waals surface area (Å²) >= 11 is 6.00. The van der Waals surface area contributed by atoms with Gasteiger partial charge in [0.05, 0.1) is 0 Å². The number of hydrogen-bond acceptors (Lipinski definition) is 4. The quantitative estimate of drug-likeness (QED) is 0.640. The monoisotopic (exact) mass is 283 g/mol. The molecule has 0 aliphatic rings. The van der Waals surface area contributed by atoms with Crippen LogP contribution in [0.25, 0.3) is 0 Å². The van der Waals surface area contributed by atoms with Crippen LogP contribution in [-0.2, 0) is 19.9 Å². The maximum absolute atomic E-state index is 13.0. The molecule has 2 aromatic rings. The molecule has 2 rings (SSSR count). The molecule has 0 saturated heterocycles. The van der Waals surface area contributed by atoms with Gasteiger partial charge in [-0.15, -0.1) is 0 Å². The van der Waals surface area contributed by atoms with Gasteiger partial charge in [0, 0.05) is 24.5 Å². The second-order valence-corrected chi connectivity index (χ2v) is 4.71. The largest absolute Gasteiger partial charge is 0.271 e. The fourth-order valence-electron chi connectivity index (χ4n) is 1.87. The lowest BCUT2D eigenvalue weighted by Gasteiger charge is -2.16. The summed E-state index contributed by atoms with van der Waals surface area (Å²) in [5, 5.41) is 4.40. The van der Waals surface area contributed by atoms with Crippen LogP contribution in [0.5, 0.6) is 0 Å². The molecule has 0 bridgehead atoms. The first-order valence-corrected chi connectivity index (χ1v) is 6.21. The van der Waals surface area contributed by atoms with Crippen LogP contribution in [0.15, 0.2) is 24.5 Å². The van der Waals surface area contributed by atoms with Crippen LogP contribution in [0.3, 0.4) is 0 Å². The molecule has 0 fully saturated rings. The van der Waals surface area contributed by atoms with E-state index in [-0.39, 0.29) is 11.9 Å². The van der Waals surface area contributed by atoms with E-state index in [0.717, 1.165) is 11.4 Å². The van der Waals surface area contributed by atoms with Crippen LogP contribution in [0, 0.1) is 5.82 Å². The number of nitrogens with zero attached hydrogens (tertiary/aromatic N) is 3. The summed E-state index contributed by atoms with van der Waals surface area (Å²) in [5.74, 6) is 6.02. The van der Waals surface area contributed by atoms with Gasteiger partial charge in [-0.05, 0) is 24.1 Å². The van der Waals surface area contributed by atoms with Gasteiger partial charge >= 0.3 is 0 Å². The number of hydrogen-bond donors (Lipinski definition) is 2. The lowest BCUT2D eigenvalue weighted by molar-refractivity contribution is 0.499. The van der Waals surface area contributed by atoms with Gasteiger partial charge < -0.3 is 0 Å². The fraction of sp³-hybridized carbons (Fsp3) is 0.333. The molecule has 1 unspecified atom stereocenters. The highest BCUT2D eigenvalue weighted by Gasteiger charge is 2.14. The topological polar surface area (TPSA) is 68.8 Å². The van der Waals surface area contributed by atoms with E-state index in [1.807, 2.05) is 7.05 Å². The van der Waals surface area contributed by atoms with Crippen molar-refractivity contribution < 1.29 is 4.39 Å². The summed E-state index contributed by atoms with van der Waals surface area (Å²) < 4.78 is 14.7. The van der Waals surface area contributed by atoms with E-state index in [0.29, 0.717) is 17.9 Å². The Balaban J connectivity index is 2.09. The highest BCUT2D eigenvalue weighted by atomic mass is 35.5. The summed E-state index contributed by atoms with van der Waals surface area (Å²) in [5.41, 5.74) is 3.57. The minimum Gasteiger partial charge on any atom is -0.271 e. The molecule has 19 heavy (non-hydrogen) atoms. The number of benzene rings is 1. The van der Waals surface area contributed by atoms with Crippen molar-refractivity contribution in [1.29, 1.82) is 0 Å². The van der Waals surface area contributed by atoms with Crippen LogP contribution in [0.1, 0.15) is 11.4 Å². The third kappa shape index (κ3) is 3.50. The highest BCUT2D eigenvalue weighted by molar-refractivity contribution is 6.31. The zero-order chi connectivity index (χ0) is 13.8. The SMILES string of the molecule is Cn1ncnc1CC(Cc1ccc(F)cc1Cl)NN. The first-order valence-electron chi connectivity index (χ1n) is 5.83. The van der Waals surface area contributed by atoms with Crippen LogP contribution in [0.2, 0.25) is 5.02 Å². The third-order valence-corrected chi connectivity index (χ3v) is 3.30. The maximum Gasteiger partial charge on any atom is 0.138 e. The predicted molar refractivity (Wildman–Crippen MR) is 70.9 cm³/mol. The molecule has 5 nitrogen and oxygen atoms in total. The van der Waals surface area contributed by atoms with Gasteiger partial charge in [0.15, 0.2) is 0 Å². The molecule has 0 spiro atoms. The average molecular weight is 284 g/mol. The molecule has 1 aromatic heterocycles. The maximum atomic E-state index is 13.0. The van der Waals surface area contributed by atoms with E-state index < -0.39 is 0 Å². The van der Waals surface area contributed by atoms with E-state index in [9.17, 15) is 4.39 Å². The molecule has 0 aliphatic heterocycles. The minimum absolute atomic E-state index is 0.0501. The molecule has 102 valence electrons. The Morgan fingerprint density at radius 2 is 2.26 bits per heavy atom. The van der Waals surface area contributed by atoms with Crippen molar-refractivity contribution in [3.05, 3.63) is 46.8 Å². The van der Waals surface area contributed by atoms with Crippen molar-refractivity contribution >= 4 is 11.6 Å². The van der Waals surface area contributed by atoms with Gasteiger partial charge in [-0.3, -0.25) is 16.0 Å². The normalized spacial score (nSPS) is 12.6. The molecule has 1 atom stereocenters. The van der Waals surface area contributed by atoms with Crippen molar-refractivity contribution in [2.24, 2.45) is 12.9 Å². The molecule has 1 heterocycles. The minimum atomic E-state index is -0.348. The summed E-state index contributed by atoms with van der Waals surface area (Å²) in [7, 11) is 1.82. The number of nitrogens with one attached hydrogen (secondary N) is 1. The second-order valence-electron chi connectivity index (χ2n) is 4.31. The zero-order valence-electron chi connectivity index (χ0n) is 10.5. The lowest BCUT2D eigenvalue weighted by Crippen LogP contribution is -2.39. The fourth-order valence-corrected chi connectivity index (χ4v) is 2.11. The zero-order valence-corrected chi connectivity index (χ0v) is 11.2. The molecule has 0 aliphatic carbocycles. The first-order chi connectivity index (χ1) is 9.10. The van der Waals surface area contributed by atoms with Crippen molar-refractivity contribution in [3.63, 3.8) is 0 Å². The lowest BCUT2D eigenvalue weighted by atomic mass is 10.0. The van der Waals surface area contributed by atoms with E-state index >= 15 is 0 Å². The van der Waals surface area contributed by atoms with Gasteiger partial charge in [-0.1, -0.05) is 17.7 Å². The van der Waals surface area contributed by atoms with Gasteiger partial charge in [0.2, 0.25) is 0 Å². The molecule has 7 heteroatoms.